The molecule has 0 aliphatic heterocycles. The van der Waals surface area contributed by atoms with E-state index in [2.05, 4.69) is 10.6 Å². The number of anilines is 1. The summed E-state index contributed by atoms with van der Waals surface area (Å²) in [5.41, 5.74) is 0.552. The van der Waals surface area contributed by atoms with Crippen molar-refractivity contribution in [3.63, 3.8) is 0 Å². The molecule has 6 heteroatoms. The predicted molar refractivity (Wildman–Crippen MR) is 79.3 cm³/mol. The molecule has 0 radical (unpaired) electrons. The van der Waals surface area contributed by atoms with Crippen molar-refractivity contribution in [2.24, 2.45) is 11.8 Å². The Morgan fingerprint density at radius 1 is 1.33 bits per heavy atom. The highest BCUT2D eigenvalue weighted by Gasteiger charge is 2.40. The Balaban J connectivity index is 1.81. The highest BCUT2D eigenvalue weighted by molar-refractivity contribution is 6.01. The maximum absolute atomic E-state index is 12.5. The van der Waals surface area contributed by atoms with E-state index in [4.69, 9.17) is 0 Å². The number of nitrogens with zero attached hydrogens (tertiary/aromatic N) is 1. The van der Waals surface area contributed by atoms with Crippen molar-refractivity contribution < 1.29 is 9.72 Å². The molecule has 2 aliphatic carbocycles. The summed E-state index contributed by atoms with van der Waals surface area (Å²) < 4.78 is 0. The van der Waals surface area contributed by atoms with Crippen molar-refractivity contribution in [3.8, 4) is 0 Å². The Bertz CT molecular complexity index is 588. The second-order valence-electron chi connectivity index (χ2n) is 5.96. The van der Waals surface area contributed by atoms with Crippen LogP contribution in [0.5, 0.6) is 0 Å². The largest absolute Gasteiger partial charge is 0.382 e. The van der Waals surface area contributed by atoms with Gasteiger partial charge in [0.05, 0.1) is 10.5 Å². The van der Waals surface area contributed by atoms with Crippen molar-refractivity contribution in [1.82, 2.24) is 5.32 Å². The van der Waals surface area contributed by atoms with Crippen LogP contribution < -0.4 is 10.6 Å². The number of carbonyl (C=O) groups excluding carboxylic acids is 1. The lowest BCUT2D eigenvalue weighted by Crippen LogP contribution is -2.38. The molecule has 1 aromatic rings. The van der Waals surface area contributed by atoms with Crippen LogP contribution in [0.2, 0.25) is 0 Å². The van der Waals surface area contributed by atoms with Crippen molar-refractivity contribution in [2.75, 3.05) is 12.4 Å². The van der Waals surface area contributed by atoms with Gasteiger partial charge < -0.3 is 10.6 Å². The fraction of sp³-hybridized carbons (Fsp3) is 0.533. The van der Waals surface area contributed by atoms with Crippen LogP contribution in [-0.4, -0.2) is 23.9 Å². The Morgan fingerprint density at radius 2 is 2.14 bits per heavy atom. The molecule has 1 aromatic carbocycles. The van der Waals surface area contributed by atoms with Crippen LogP contribution in [0.1, 0.15) is 36.0 Å². The minimum atomic E-state index is -0.472. The summed E-state index contributed by atoms with van der Waals surface area (Å²) in [5.74, 6) is 1.10. The van der Waals surface area contributed by atoms with Crippen LogP contribution in [0.25, 0.3) is 0 Å². The Hall–Kier alpha value is -2.11. The van der Waals surface area contributed by atoms with Crippen LogP contribution in [-0.2, 0) is 0 Å². The van der Waals surface area contributed by atoms with Gasteiger partial charge in [0.2, 0.25) is 0 Å². The average Bonchev–Trinajstić information content (AvgIpc) is 3.08. The smallest absolute Gasteiger partial charge is 0.293 e. The summed E-state index contributed by atoms with van der Waals surface area (Å²) in [6.07, 6.45) is 4.71. The standard InChI is InChI=1S/C15H19N3O3/c1-16-14-11(3-2-4-13(14)18(20)21)15(19)17-12-8-9-5-6-10(12)7-9/h2-4,9-10,12,16H,5-8H2,1H3,(H,17,19). The minimum Gasteiger partial charge on any atom is -0.382 e. The van der Waals surface area contributed by atoms with E-state index < -0.39 is 4.92 Å². The number of carbonyl (C=O) groups is 1. The second kappa shape index (κ2) is 5.35. The third-order valence-corrected chi connectivity index (χ3v) is 4.79. The highest BCUT2D eigenvalue weighted by Crippen LogP contribution is 2.44. The number of benzene rings is 1. The predicted octanol–water partition coefficient (Wildman–Crippen LogP) is 2.55. The number of rotatable bonds is 4. The zero-order valence-corrected chi connectivity index (χ0v) is 12.0. The first-order chi connectivity index (χ1) is 10.1. The number of nitro groups is 1. The molecule has 0 saturated heterocycles. The molecular weight excluding hydrogens is 270 g/mol. The van der Waals surface area contributed by atoms with Gasteiger partial charge in [-0.05, 0) is 37.2 Å². The number of amides is 1. The average molecular weight is 289 g/mol. The molecule has 2 aliphatic rings. The zero-order chi connectivity index (χ0) is 15.0. The molecule has 0 spiro atoms. The van der Waals surface area contributed by atoms with E-state index in [1.54, 1.807) is 19.2 Å². The zero-order valence-electron chi connectivity index (χ0n) is 12.0. The van der Waals surface area contributed by atoms with E-state index in [-0.39, 0.29) is 23.3 Å². The van der Waals surface area contributed by atoms with Crippen LogP contribution in [0.4, 0.5) is 11.4 Å². The van der Waals surface area contributed by atoms with Gasteiger partial charge in [0, 0.05) is 19.2 Å². The maximum Gasteiger partial charge on any atom is 0.293 e. The first kappa shape index (κ1) is 13.9. The topological polar surface area (TPSA) is 84.3 Å². The summed E-state index contributed by atoms with van der Waals surface area (Å²) in [5, 5.41) is 16.9. The molecule has 21 heavy (non-hydrogen) atoms. The lowest BCUT2D eigenvalue weighted by atomic mass is 9.95. The molecule has 6 nitrogen and oxygen atoms in total. The summed E-state index contributed by atoms with van der Waals surface area (Å²) in [7, 11) is 1.59. The molecule has 0 aromatic heterocycles. The maximum atomic E-state index is 12.5. The van der Waals surface area contributed by atoms with Crippen molar-refractivity contribution in [2.45, 2.75) is 31.7 Å². The van der Waals surface area contributed by atoms with Crippen molar-refractivity contribution in [3.05, 3.63) is 33.9 Å². The number of nitro benzene ring substituents is 1. The monoisotopic (exact) mass is 289 g/mol. The van der Waals surface area contributed by atoms with Gasteiger partial charge in [-0.2, -0.15) is 0 Å². The van der Waals surface area contributed by atoms with E-state index in [0.717, 1.165) is 12.3 Å². The van der Waals surface area contributed by atoms with Crippen LogP contribution in [0.3, 0.4) is 0 Å². The normalized spacial score (nSPS) is 26.6. The first-order valence-electron chi connectivity index (χ1n) is 7.36. The van der Waals surface area contributed by atoms with E-state index in [0.29, 0.717) is 11.5 Å². The molecular formula is C15H19N3O3. The van der Waals surface area contributed by atoms with Crippen LogP contribution >= 0.6 is 0 Å². The minimum absolute atomic E-state index is 0.0712. The first-order valence-corrected chi connectivity index (χ1v) is 7.36. The number of nitrogens with one attached hydrogen (secondary N) is 2. The summed E-state index contributed by atoms with van der Waals surface area (Å²) in [6.45, 7) is 0. The van der Waals surface area contributed by atoms with Gasteiger partial charge >= 0.3 is 0 Å². The number of para-hydroxylation sites is 1. The Morgan fingerprint density at radius 3 is 2.71 bits per heavy atom. The SMILES string of the molecule is CNc1c(C(=O)NC2CC3CCC2C3)cccc1[N+](=O)[O-]. The van der Waals surface area contributed by atoms with Gasteiger partial charge in [-0.15, -0.1) is 0 Å². The molecule has 0 heterocycles. The van der Waals surface area contributed by atoms with Gasteiger partial charge in [0.15, 0.2) is 0 Å². The number of hydrogen-bond acceptors (Lipinski definition) is 4. The molecule has 3 unspecified atom stereocenters. The van der Waals surface area contributed by atoms with E-state index in [1.165, 1.54) is 25.3 Å². The summed E-state index contributed by atoms with van der Waals surface area (Å²) in [4.78, 5) is 23.0. The lowest BCUT2D eigenvalue weighted by Gasteiger charge is -2.23. The molecule has 112 valence electrons. The lowest BCUT2D eigenvalue weighted by molar-refractivity contribution is -0.384. The summed E-state index contributed by atoms with van der Waals surface area (Å²) >= 11 is 0. The quantitative estimate of drug-likeness (QED) is 0.659. The molecule has 2 fully saturated rings. The number of fused-ring (bicyclic) bond motifs is 2. The second-order valence-corrected chi connectivity index (χ2v) is 5.96. The van der Waals surface area contributed by atoms with Gasteiger partial charge in [0.1, 0.15) is 5.69 Å². The van der Waals surface area contributed by atoms with Crippen molar-refractivity contribution in [1.29, 1.82) is 0 Å². The molecule has 2 N–H and O–H groups in total. The van der Waals surface area contributed by atoms with Gasteiger partial charge in [-0.3, -0.25) is 14.9 Å². The molecule has 2 saturated carbocycles. The fourth-order valence-corrected chi connectivity index (χ4v) is 3.81. The summed E-state index contributed by atoms with van der Waals surface area (Å²) in [6, 6.07) is 4.80. The van der Waals surface area contributed by atoms with Crippen LogP contribution in [0, 0.1) is 22.0 Å². The highest BCUT2D eigenvalue weighted by atomic mass is 16.6. The van der Waals surface area contributed by atoms with Crippen LogP contribution in [0.15, 0.2) is 18.2 Å². The molecule has 3 atom stereocenters. The molecule has 3 rings (SSSR count). The van der Waals surface area contributed by atoms with Gasteiger partial charge in [-0.1, -0.05) is 12.5 Å². The third-order valence-electron chi connectivity index (χ3n) is 4.79. The number of hydrogen-bond donors (Lipinski definition) is 2. The van der Waals surface area contributed by atoms with Gasteiger partial charge in [0.25, 0.3) is 11.6 Å². The fourth-order valence-electron chi connectivity index (χ4n) is 3.81. The van der Waals surface area contributed by atoms with E-state index in [1.807, 2.05) is 0 Å². The van der Waals surface area contributed by atoms with Gasteiger partial charge in [-0.25, -0.2) is 0 Å². The Kier molecular flexibility index (Phi) is 3.53. The molecule has 1 amide bonds. The van der Waals surface area contributed by atoms with Crippen molar-refractivity contribution >= 4 is 17.3 Å². The Labute approximate surface area is 123 Å². The van der Waals surface area contributed by atoms with E-state index in [9.17, 15) is 14.9 Å². The third kappa shape index (κ3) is 2.46. The molecule has 2 bridgehead atoms. The van der Waals surface area contributed by atoms with E-state index >= 15 is 0 Å².